The molecular weight excluding hydrogens is 256 g/mol. The number of benzene rings is 1. The first kappa shape index (κ1) is 15.8. The number of nitrogens with one attached hydrogen (secondary N) is 2. The summed E-state index contributed by atoms with van der Waals surface area (Å²) in [6.45, 7) is 4.25. The van der Waals surface area contributed by atoms with Crippen LogP contribution >= 0.6 is 0 Å². The lowest BCUT2D eigenvalue weighted by molar-refractivity contribution is 0.199. The Morgan fingerprint density at radius 3 is 2.65 bits per heavy atom. The fourth-order valence-electron chi connectivity index (χ4n) is 1.77. The Labute approximate surface area is 119 Å². The monoisotopic (exact) mass is 278 g/mol. The summed E-state index contributed by atoms with van der Waals surface area (Å²) in [7, 11) is 1.56. The van der Waals surface area contributed by atoms with Crippen molar-refractivity contribution < 1.29 is 9.53 Å². The number of nitrogens with two attached hydrogens (primary N) is 1. The van der Waals surface area contributed by atoms with Gasteiger partial charge in [0.15, 0.2) is 0 Å². The van der Waals surface area contributed by atoms with E-state index in [4.69, 9.17) is 15.9 Å². The number of amidine groups is 1. The second-order valence-corrected chi connectivity index (χ2v) is 4.69. The first-order valence-electron chi connectivity index (χ1n) is 6.49. The quantitative estimate of drug-likeness (QED) is 0.550. The highest BCUT2D eigenvalue weighted by molar-refractivity contribution is 5.91. The summed E-state index contributed by atoms with van der Waals surface area (Å²) in [6, 6.07) is 7.01. The highest BCUT2D eigenvalue weighted by Crippen LogP contribution is 2.23. The number of nitrogens with zero attached hydrogens (tertiary/aromatic N) is 1. The molecule has 0 unspecified atom stereocenters. The van der Waals surface area contributed by atoms with E-state index >= 15 is 0 Å². The predicted octanol–water partition coefficient (Wildman–Crippen LogP) is 2.26. The number of methoxy groups -OCH3 is 1. The summed E-state index contributed by atoms with van der Waals surface area (Å²) in [5, 5.41) is 10.1. The van der Waals surface area contributed by atoms with E-state index in [1.54, 1.807) is 24.1 Å². The number of carbonyl (C=O) groups excluding carboxylic acids is 1. The molecule has 6 heteroatoms. The average Bonchev–Trinajstić information content (AvgIpc) is 2.38. The molecule has 2 amide bonds. The largest absolute Gasteiger partial charge is 0.495 e. The maximum absolute atomic E-state index is 12.3. The molecule has 0 saturated carbocycles. The molecule has 0 bridgehead atoms. The molecule has 0 spiro atoms. The van der Waals surface area contributed by atoms with E-state index in [1.807, 2.05) is 26.0 Å². The number of rotatable bonds is 6. The van der Waals surface area contributed by atoms with Gasteiger partial charge < -0.3 is 20.7 Å². The number of hydrogen-bond acceptors (Lipinski definition) is 3. The summed E-state index contributed by atoms with van der Waals surface area (Å²) in [5.74, 6) is 0.678. The second-order valence-electron chi connectivity index (χ2n) is 4.69. The SMILES string of the molecule is COc1ccccc1NC(=O)N(CCC(=N)N)C(C)C. The van der Waals surface area contributed by atoms with Gasteiger partial charge in [-0.05, 0) is 26.0 Å². The van der Waals surface area contributed by atoms with Crippen LogP contribution in [0.3, 0.4) is 0 Å². The van der Waals surface area contributed by atoms with Crippen LogP contribution in [0.25, 0.3) is 0 Å². The van der Waals surface area contributed by atoms with Gasteiger partial charge in [-0.2, -0.15) is 0 Å². The van der Waals surface area contributed by atoms with Crippen molar-refractivity contribution in [3.05, 3.63) is 24.3 Å². The highest BCUT2D eigenvalue weighted by atomic mass is 16.5. The van der Waals surface area contributed by atoms with Crippen molar-refractivity contribution in [2.45, 2.75) is 26.3 Å². The second kappa shape index (κ2) is 7.37. The van der Waals surface area contributed by atoms with Gasteiger partial charge in [-0.1, -0.05) is 12.1 Å². The molecule has 6 nitrogen and oxygen atoms in total. The molecule has 0 aliphatic rings. The van der Waals surface area contributed by atoms with E-state index in [0.29, 0.717) is 24.4 Å². The topological polar surface area (TPSA) is 91.4 Å². The normalized spacial score (nSPS) is 10.2. The third kappa shape index (κ3) is 4.46. The Bertz CT molecular complexity index is 474. The number of anilines is 1. The zero-order chi connectivity index (χ0) is 15.1. The lowest BCUT2D eigenvalue weighted by Crippen LogP contribution is -2.41. The third-order valence-corrected chi connectivity index (χ3v) is 2.85. The van der Waals surface area contributed by atoms with Crippen molar-refractivity contribution in [3.63, 3.8) is 0 Å². The minimum atomic E-state index is -0.231. The smallest absolute Gasteiger partial charge is 0.322 e. The Hall–Kier alpha value is -2.24. The lowest BCUT2D eigenvalue weighted by atomic mass is 10.2. The summed E-state index contributed by atoms with van der Waals surface area (Å²) < 4.78 is 5.20. The van der Waals surface area contributed by atoms with Gasteiger partial charge in [0.2, 0.25) is 0 Å². The van der Waals surface area contributed by atoms with E-state index in [0.717, 1.165) is 0 Å². The minimum Gasteiger partial charge on any atom is -0.495 e. The van der Waals surface area contributed by atoms with Crippen LogP contribution in [-0.4, -0.2) is 36.5 Å². The molecule has 1 aromatic carbocycles. The third-order valence-electron chi connectivity index (χ3n) is 2.85. The van der Waals surface area contributed by atoms with Crippen LogP contribution < -0.4 is 15.8 Å². The first-order valence-corrected chi connectivity index (χ1v) is 6.49. The summed E-state index contributed by atoms with van der Waals surface area (Å²) in [6.07, 6.45) is 0.359. The van der Waals surface area contributed by atoms with E-state index < -0.39 is 0 Å². The fourth-order valence-corrected chi connectivity index (χ4v) is 1.77. The van der Waals surface area contributed by atoms with Crippen molar-refractivity contribution in [1.82, 2.24) is 4.90 Å². The van der Waals surface area contributed by atoms with Crippen LogP contribution in [0.1, 0.15) is 20.3 Å². The molecule has 110 valence electrons. The molecule has 4 N–H and O–H groups in total. The minimum absolute atomic E-state index is 0.0176. The summed E-state index contributed by atoms with van der Waals surface area (Å²) >= 11 is 0. The maximum atomic E-state index is 12.3. The molecule has 0 fully saturated rings. The number of ether oxygens (including phenoxy) is 1. The van der Waals surface area contributed by atoms with Crippen LogP contribution in [0.15, 0.2) is 24.3 Å². The van der Waals surface area contributed by atoms with Gasteiger partial charge in [0.25, 0.3) is 0 Å². The van der Waals surface area contributed by atoms with E-state index in [1.165, 1.54) is 0 Å². The average molecular weight is 278 g/mol. The number of amides is 2. The molecule has 0 aromatic heterocycles. The van der Waals surface area contributed by atoms with Gasteiger partial charge in [0, 0.05) is 19.0 Å². The Morgan fingerprint density at radius 1 is 1.45 bits per heavy atom. The molecule has 1 rings (SSSR count). The first-order chi connectivity index (χ1) is 9.45. The number of hydrogen-bond donors (Lipinski definition) is 3. The van der Waals surface area contributed by atoms with Gasteiger partial charge in [-0.25, -0.2) is 4.79 Å². The highest BCUT2D eigenvalue weighted by Gasteiger charge is 2.18. The van der Waals surface area contributed by atoms with Gasteiger partial charge in [0.05, 0.1) is 18.6 Å². The zero-order valence-corrected chi connectivity index (χ0v) is 12.1. The van der Waals surface area contributed by atoms with Gasteiger partial charge in [-0.15, -0.1) is 0 Å². The fraction of sp³-hybridized carbons (Fsp3) is 0.429. The molecule has 0 heterocycles. The summed E-state index contributed by atoms with van der Waals surface area (Å²) in [4.78, 5) is 13.9. The number of carbonyl (C=O) groups is 1. The Morgan fingerprint density at radius 2 is 2.10 bits per heavy atom. The van der Waals surface area contributed by atoms with Gasteiger partial charge in [0.1, 0.15) is 5.75 Å². The van der Waals surface area contributed by atoms with Crippen LogP contribution in [0.5, 0.6) is 5.75 Å². The van der Waals surface area contributed by atoms with Gasteiger partial charge in [-0.3, -0.25) is 5.41 Å². The number of para-hydroxylation sites is 2. The lowest BCUT2D eigenvalue weighted by Gasteiger charge is -2.27. The standard InChI is InChI=1S/C14H22N4O2/c1-10(2)18(9-8-13(15)16)14(19)17-11-6-4-5-7-12(11)20-3/h4-7,10H,8-9H2,1-3H3,(H3,15,16)(H,17,19). The molecule has 1 aromatic rings. The van der Waals surface area contributed by atoms with Crippen LogP contribution in [0.4, 0.5) is 10.5 Å². The van der Waals surface area contributed by atoms with Crippen LogP contribution in [0, 0.1) is 5.41 Å². The van der Waals surface area contributed by atoms with E-state index in [9.17, 15) is 4.79 Å². The summed E-state index contributed by atoms with van der Waals surface area (Å²) in [5.41, 5.74) is 5.96. The molecule has 20 heavy (non-hydrogen) atoms. The Kier molecular flexibility index (Phi) is 5.83. The van der Waals surface area contributed by atoms with Crippen molar-refractivity contribution in [2.24, 2.45) is 5.73 Å². The Balaban J connectivity index is 2.77. The molecule has 0 saturated heterocycles. The molecule has 0 atom stereocenters. The molecular formula is C14H22N4O2. The van der Waals surface area contributed by atoms with Crippen molar-refractivity contribution >= 4 is 17.6 Å². The van der Waals surface area contributed by atoms with E-state index in [2.05, 4.69) is 5.32 Å². The van der Waals surface area contributed by atoms with Crippen molar-refractivity contribution in [3.8, 4) is 5.75 Å². The van der Waals surface area contributed by atoms with Crippen molar-refractivity contribution in [1.29, 1.82) is 5.41 Å². The predicted molar refractivity (Wildman–Crippen MR) is 80.4 cm³/mol. The molecule has 0 radical (unpaired) electrons. The maximum Gasteiger partial charge on any atom is 0.322 e. The van der Waals surface area contributed by atoms with Crippen molar-refractivity contribution in [2.75, 3.05) is 19.0 Å². The molecule has 0 aliphatic heterocycles. The van der Waals surface area contributed by atoms with Crippen LogP contribution in [0.2, 0.25) is 0 Å². The molecule has 0 aliphatic carbocycles. The number of urea groups is 1. The van der Waals surface area contributed by atoms with Gasteiger partial charge >= 0.3 is 6.03 Å². The van der Waals surface area contributed by atoms with Crippen LogP contribution in [-0.2, 0) is 0 Å². The van der Waals surface area contributed by atoms with E-state index in [-0.39, 0.29) is 17.9 Å². The zero-order valence-electron chi connectivity index (χ0n) is 12.1.